The lowest BCUT2D eigenvalue weighted by Gasteiger charge is -2.25. The first-order chi connectivity index (χ1) is 10.3. The number of amides is 1. The molecule has 0 bridgehead atoms. The molecule has 2 rings (SSSR count). The Bertz CT molecular complexity index is 456. The summed E-state index contributed by atoms with van der Waals surface area (Å²) in [6, 6.07) is 8.83. The third-order valence-electron chi connectivity index (χ3n) is 3.48. The fourth-order valence-corrected chi connectivity index (χ4v) is 2.37. The lowest BCUT2D eigenvalue weighted by molar-refractivity contribution is -0.122. The van der Waals surface area contributed by atoms with Gasteiger partial charge < -0.3 is 10.1 Å². The Morgan fingerprint density at radius 1 is 1.10 bits per heavy atom. The Labute approximate surface area is 125 Å². The lowest BCUT2D eigenvalue weighted by Crippen LogP contribution is -2.40. The van der Waals surface area contributed by atoms with E-state index in [2.05, 4.69) is 10.2 Å². The number of likely N-dealkylation sites (tertiary alicyclic amines) is 1. The molecule has 5 nitrogen and oxygen atoms in total. The number of ether oxygens (including phenoxy) is 1. The lowest BCUT2D eigenvalue weighted by atomic mass is 10.1. The highest BCUT2D eigenvalue weighted by molar-refractivity contribution is 5.89. The van der Waals surface area contributed by atoms with Gasteiger partial charge in [-0.25, -0.2) is 4.79 Å². The van der Waals surface area contributed by atoms with Gasteiger partial charge in [-0.05, 0) is 38.1 Å². The Morgan fingerprint density at radius 3 is 2.52 bits per heavy atom. The molecule has 1 N–H and O–H groups in total. The molecule has 1 aromatic rings. The van der Waals surface area contributed by atoms with Gasteiger partial charge in [0.05, 0.1) is 18.7 Å². The normalized spacial score (nSPS) is 15.4. The molecule has 0 radical (unpaired) electrons. The summed E-state index contributed by atoms with van der Waals surface area (Å²) in [5, 5.41) is 2.78. The van der Waals surface area contributed by atoms with Crippen molar-refractivity contribution in [1.82, 2.24) is 10.2 Å². The first-order valence-corrected chi connectivity index (χ1v) is 7.47. The average molecular weight is 290 g/mol. The average Bonchev–Trinajstić information content (AvgIpc) is 2.53. The van der Waals surface area contributed by atoms with Gasteiger partial charge >= 0.3 is 5.97 Å². The predicted octanol–water partition coefficient (Wildman–Crippen LogP) is 1.45. The molecule has 1 aliphatic heterocycles. The largest absolute Gasteiger partial charge is 0.460 e. The summed E-state index contributed by atoms with van der Waals surface area (Å²) in [6.07, 6.45) is 3.59. The molecule has 0 spiro atoms. The number of piperidine rings is 1. The second kappa shape index (κ2) is 8.42. The van der Waals surface area contributed by atoms with E-state index >= 15 is 0 Å². The number of nitrogens with zero attached hydrogens (tertiary/aromatic N) is 1. The van der Waals surface area contributed by atoms with Crippen LogP contribution in [-0.2, 0) is 9.53 Å². The van der Waals surface area contributed by atoms with E-state index in [0.717, 1.165) is 13.1 Å². The third kappa shape index (κ3) is 5.55. The summed E-state index contributed by atoms with van der Waals surface area (Å²) < 4.78 is 5.10. The molecular formula is C16H22N2O3. The molecule has 0 aromatic heterocycles. The molecule has 21 heavy (non-hydrogen) atoms. The number of carbonyl (C=O) groups excluding carboxylic acids is 2. The van der Waals surface area contributed by atoms with E-state index in [9.17, 15) is 9.59 Å². The molecule has 0 atom stereocenters. The minimum atomic E-state index is -0.360. The first kappa shape index (κ1) is 15.5. The molecule has 0 saturated carbocycles. The van der Waals surface area contributed by atoms with E-state index in [1.54, 1.807) is 24.3 Å². The highest BCUT2D eigenvalue weighted by atomic mass is 16.5. The minimum Gasteiger partial charge on any atom is -0.460 e. The molecule has 5 heteroatoms. The van der Waals surface area contributed by atoms with Gasteiger partial charge in [-0.15, -0.1) is 0 Å². The molecule has 1 aromatic carbocycles. The van der Waals surface area contributed by atoms with Crippen LogP contribution in [0.5, 0.6) is 0 Å². The molecule has 1 heterocycles. The summed E-state index contributed by atoms with van der Waals surface area (Å²) in [4.78, 5) is 25.6. The number of benzene rings is 1. The summed E-state index contributed by atoms with van der Waals surface area (Å²) in [6.45, 7) is 2.98. The van der Waals surface area contributed by atoms with E-state index in [4.69, 9.17) is 4.74 Å². The van der Waals surface area contributed by atoms with Gasteiger partial charge in [0.25, 0.3) is 0 Å². The van der Waals surface area contributed by atoms with Crippen LogP contribution in [0.2, 0.25) is 0 Å². The van der Waals surface area contributed by atoms with Crippen molar-refractivity contribution in [3.63, 3.8) is 0 Å². The van der Waals surface area contributed by atoms with Crippen LogP contribution in [0.25, 0.3) is 0 Å². The van der Waals surface area contributed by atoms with Gasteiger partial charge in [0.15, 0.2) is 0 Å². The summed E-state index contributed by atoms with van der Waals surface area (Å²) in [7, 11) is 0. The molecule has 0 aliphatic carbocycles. The van der Waals surface area contributed by atoms with Crippen LogP contribution < -0.4 is 5.32 Å². The maximum absolute atomic E-state index is 11.7. The SMILES string of the molecule is O=C(CN1CCCCC1)NCCOC(=O)c1ccccc1. The second-order valence-corrected chi connectivity index (χ2v) is 5.19. The van der Waals surface area contributed by atoms with Crippen LogP contribution >= 0.6 is 0 Å². The van der Waals surface area contributed by atoms with E-state index < -0.39 is 0 Å². The fourth-order valence-electron chi connectivity index (χ4n) is 2.37. The zero-order valence-electron chi connectivity index (χ0n) is 12.2. The molecule has 114 valence electrons. The van der Waals surface area contributed by atoms with E-state index in [0.29, 0.717) is 18.7 Å². The Morgan fingerprint density at radius 2 is 1.81 bits per heavy atom. The van der Waals surface area contributed by atoms with Gasteiger partial charge in [-0.2, -0.15) is 0 Å². The van der Waals surface area contributed by atoms with Crippen LogP contribution in [0.1, 0.15) is 29.6 Å². The minimum absolute atomic E-state index is 0.00680. The third-order valence-corrected chi connectivity index (χ3v) is 3.48. The van der Waals surface area contributed by atoms with Crippen LogP contribution in [0.15, 0.2) is 30.3 Å². The number of hydrogen-bond donors (Lipinski definition) is 1. The first-order valence-electron chi connectivity index (χ1n) is 7.47. The molecular weight excluding hydrogens is 268 g/mol. The summed E-state index contributed by atoms with van der Waals surface area (Å²) >= 11 is 0. The molecule has 1 amide bonds. The van der Waals surface area contributed by atoms with Crippen molar-refractivity contribution in [2.75, 3.05) is 32.8 Å². The maximum atomic E-state index is 11.7. The Balaban J connectivity index is 1.58. The van der Waals surface area contributed by atoms with Crippen LogP contribution in [0.3, 0.4) is 0 Å². The van der Waals surface area contributed by atoms with Crippen LogP contribution in [0, 0.1) is 0 Å². The maximum Gasteiger partial charge on any atom is 0.338 e. The van der Waals surface area contributed by atoms with Gasteiger partial charge in [0, 0.05) is 0 Å². The number of rotatable bonds is 6. The van der Waals surface area contributed by atoms with Gasteiger partial charge in [0.1, 0.15) is 6.61 Å². The van der Waals surface area contributed by atoms with E-state index in [1.165, 1.54) is 19.3 Å². The Kier molecular flexibility index (Phi) is 6.22. The summed E-state index contributed by atoms with van der Waals surface area (Å²) in [5.41, 5.74) is 0.525. The highest BCUT2D eigenvalue weighted by Crippen LogP contribution is 2.07. The smallest absolute Gasteiger partial charge is 0.338 e. The van der Waals surface area contributed by atoms with Crippen molar-refractivity contribution >= 4 is 11.9 Å². The van der Waals surface area contributed by atoms with Crippen molar-refractivity contribution in [2.45, 2.75) is 19.3 Å². The quantitative estimate of drug-likeness (QED) is 0.636. The molecule has 1 saturated heterocycles. The van der Waals surface area contributed by atoms with Crippen LogP contribution in [0.4, 0.5) is 0 Å². The Hall–Kier alpha value is -1.88. The monoisotopic (exact) mass is 290 g/mol. The topological polar surface area (TPSA) is 58.6 Å². The zero-order chi connectivity index (χ0) is 14.9. The molecule has 0 unspecified atom stereocenters. The second-order valence-electron chi connectivity index (χ2n) is 5.19. The summed E-state index contributed by atoms with van der Waals surface area (Å²) in [5.74, 6) is -0.367. The number of carbonyl (C=O) groups is 2. The van der Waals surface area contributed by atoms with Crippen molar-refractivity contribution < 1.29 is 14.3 Å². The van der Waals surface area contributed by atoms with Crippen molar-refractivity contribution in [3.8, 4) is 0 Å². The van der Waals surface area contributed by atoms with Crippen LogP contribution in [-0.4, -0.2) is 49.6 Å². The van der Waals surface area contributed by atoms with Gasteiger partial charge in [0.2, 0.25) is 5.91 Å². The van der Waals surface area contributed by atoms with Gasteiger partial charge in [-0.1, -0.05) is 24.6 Å². The number of hydrogen-bond acceptors (Lipinski definition) is 4. The highest BCUT2D eigenvalue weighted by Gasteiger charge is 2.13. The number of nitrogens with one attached hydrogen (secondary N) is 1. The molecule has 1 fully saturated rings. The van der Waals surface area contributed by atoms with Gasteiger partial charge in [-0.3, -0.25) is 9.69 Å². The standard InChI is InChI=1S/C16H22N2O3/c19-15(13-18-10-5-2-6-11-18)17-9-12-21-16(20)14-7-3-1-4-8-14/h1,3-4,7-8H,2,5-6,9-13H2,(H,17,19). The van der Waals surface area contributed by atoms with E-state index in [1.807, 2.05) is 6.07 Å². The predicted molar refractivity (Wildman–Crippen MR) is 80.0 cm³/mol. The van der Waals surface area contributed by atoms with Crippen molar-refractivity contribution in [3.05, 3.63) is 35.9 Å². The van der Waals surface area contributed by atoms with Crippen molar-refractivity contribution in [2.24, 2.45) is 0 Å². The fraction of sp³-hybridized carbons (Fsp3) is 0.500. The van der Waals surface area contributed by atoms with E-state index in [-0.39, 0.29) is 18.5 Å². The number of esters is 1. The van der Waals surface area contributed by atoms with Crippen molar-refractivity contribution in [1.29, 1.82) is 0 Å². The zero-order valence-corrected chi connectivity index (χ0v) is 12.2. The molecule has 1 aliphatic rings.